The van der Waals surface area contributed by atoms with Crippen LogP contribution in [0.1, 0.15) is 27.2 Å². The molecule has 0 aliphatic rings. The van der Waals surface area contributed by atoms with Crippen molar-refractivity contribution < 1.29 is 9.47 Å². The molecule has 0 rings (SSSR count). The Labute approximate surface area is 88.5 Å². The summed E-state index contributed by atoms with van der Waals surface area (Å²) in [6, 6.07) is 0. The van der Waals surface area contributed by atoms with Crippen LogP contribution in [0.5, 0.6) is 0 Å². The van der Waals surface area contributed by atoms with E-state index in [4.69, 9.17) is 9.47 Å². The van der Waals surface area contributed by atoms with Gasteiger partial charge in [0.05, 0.1) is 6.10 Å². The predicted octanol–water partition coefficient (Wildman–Crippen LogP) is 3.11. The van der Waals surface area contributed by atoms with Crippen LogP contribution in [0.25, 0.3) is 0 Å². The molecule has 0 spiro atoms. The average molecular weight is 284 g/mol. The van der Waals surface area contributed by atoms with Gasteiger partial charge in [0.15, 0.2) is 6.29 Å². The van der Waals surface area contributed by atoms with Crippen LogP contribution < -0.4 is 0 Å². The summed E-state index contributed by atoms with van der Waals surface area (Å²) in [5.41, 5.74) is 0. The Morgan fingerprint density at radius 1 is 1.42 bits per heavy atom. The zero-order chi connectivity index (χ0) is 9.40. The van der Waals surface area contributed by atoms with Crippen LogP contribution >= 0.6 is 22.6 Å². The van der Waals surface area contributed by atoms with E-state index in [1.165, 1.54) is 0 Å². The summed E-state index contributed by atoms with van der Waals surface area (Å²) in [4.78, 5) is 0. The van der Waals surface area contributed by atoms with Gasteiger partial charge in [0.2, 0.25) is 0 Å². The standard InChI is InChI=1S/C9H17IO2/c1-4-9(6-7-10)12-8(3)11-5-2/h6-9H,4-5H2,1-3H3/b7-6+. The molecule has 0 N–H and O–H groups in total. The van der Waals surface area contributed by atoms with Crippen molar-refractivity contribution in [1.29, 1.82) is 0 Å². The van der Waals surface area contributed by atoms with Crippen molar-refractivity contribution in [3.05, 3.63) is 10.2 Å². The minimum atomic E-state index is -0.104. The van der Waals surface area contributed by atoms with Crippen molar-refractivity contribution in [1.82, 2.24) is 0 Å². The summed E-state index contributed by atoms with van der Waals surface area (Å²) in [6.45, 7) is 6.69. The maximum absolute atomic E-state index is 5.57. The molecule has 0 bridgehead atoms. The van der Waals surface area contributed by atoms with Crippen LogP contribution in [0.2, 0.25) is 0 Å². The van der Waals surface area contributed by atoms with E-state index in [9.17, 15) is 0 Å². The molecule has 2 nitrogen and oxygen atoms in total. The van der Waals surface area contributed by atoms with E-state index in [-0.39, 0.29) is 12.4 Å². The van der Waals surface area contributed by atoms with Crippen LogP contribution in [0.4, 0.5) is 0 Å². The van der Waals surface area contributed by atoms with E-state index in [2.05, 4.69) is 29.5 Å². The van der Waals surface area contributed by atoms with Gasteiger partial charge in [0.1, 0.15) is 0 Å². The number of rotatable bonds is 6. The van der Waals surface area contributed by atoms with Crippen LogP contribution in [0.3, 0.4) is 0 Å². The maximum Gasteiger partial charge on any atom is 0.155 e. The Balaban J connectivity index is 3.68. The van der Waals surface area contributed by atoms with Crippen LogP contribution in [-0.2, 0) is 9.47 Å². The fourth-order valence-electron chi connectivity index (χ4n) is 0.879. The smallest absolute Gasteiger partial charge is 0.155 e. The van der Waals surface area contributed by atoms with Gasteiger partial charge < -0.3 is 9.47 Å². The second-order valence-electron chi connectivity index (χ2n) is 2.42. The first-order chi connectivity index (χ1) is 5.74. The van der Waals surface area contributed by atoms with Gasteiger partial charge >= 0.3 is 0 Å². The van der Waals surface area contributed by atoms with Crippen molar-refractivity contribution in [2.45, 2.75) is 39.6 Å². The van der Waals surface area contributed by atoms with E-state index in [1.54, 1.807) is 0 Å². The Kier molecular flexibility index (Phi) is 8.27. The maximum atomic E-state index is 5.57. The van der Waals surface area contributed by atoms with Crippen LogP contribution in [0, 0.1) is 0 Å². The van der Waals surface area contributed by atoms with Gasteiger partial charge in [-0.2, -0.15) is 0 Å². The first kappa shape index (κ1) is 12.4. The fourth-order valence-corrected chi connectivity index (χ4v) is 1.34. The van der Waals surface area contributed by atoms with Gasteiger partial charge in [0, 0.05) is 6.61 Å². The fraction of sp³-hybridized carbons (Fsp3) is 0.778. The Morgan fingerprint density at radius 3 is 2.50 bits per heavy atom. The largest absolute Gasteiger partial charge is 0.353 e. The molecule has 0 aliphatic carbocycles. The predicted molar refractivity (Wildman–Crippen MR) is 59.4 cm³/mol. The lowest BCUT2D eigenvalue weighted by Crippen LogP contribution is -2.20. The molecule has 0 aromatic carbocycles. The molecule has 0 aromatic heterocycles. The summed E-state index contributed by atoms with van der Waals surface area (Å²) in [5, 5.41) is 0. The van der Waals surface area contributed by atoms with Crippen molar-refractivity contribution in [2.75, 3.05) is 6.61 Å². The van der Waals surface area contributed by atoms with Gasteiger partial charge in [-0.05, 0) is 30.4 Å². The number of ether oxygens (including phenoxy) is 2. The lowest BCUT2D eigenvalue weighted by molar-refractivity contribution is -0.146. The van der Waals surface area contributed by atoms with E-state index in [0.717, 1.165) is 6.42 Å². The van der Waals surface area contributed by atoms with E-state index < -0.39 is 0 Å². The minimum Gasteiger partial charge on any atom is -0.353 e. The molecular weight excluding hydrogens is 267 g/mol. The molecule has 3 heteroatoms. The van der Waals surface area contributed by atoms with Crippen LogP contribution in [0.15, 0.2) is 10.2 Å². The van der Waals surface area contributed by atoms with Crippen LogP contribution in [-0.4, -0.2) is 19.0 Å². The second kappa shape index (κ2) is 8.01. The highest BCUT2D eigenvalue weighted by atomic mass is 127. The number of hydrogen-bond acceptors (Lipinski definition) is 2. The SMILES string of the molecule is CCOC(C)OC(/C=C/I)CC. The quantitative estimate of drug-likeness (QED) is 0.551. The van der Waals surface area contributed by atoms with E-state index in [0.29, 0.717) is 6.61 Å². The van der Waals surface area contributed by atoms with E-state index >= 15 is 0 Å². The Bertz CT molecular complexity index is 126. The monoisotopic (exact) mass is 284 g/mol. The first-order valence-electron chi connectivity index (χ1n) is 4.28. The summed E-state index contributed by atoms with van der Waals surface area (Å²) >= 11 is 2.19. The summed E-state index contributed by atoms with van der Waals surface area (Å²) in [6.07, 6.45) is 3.10. The lowest BCUT2D eigenvalue weighted by atomic mass is 10.3. The number of halogens is 1. The number of hydrogen-bond donors (Lipinski definition) is 0. The van der Waals surface area contributed by atoms with Gasteiger partial charge in [0.25, 0.3) is 0 Å². The molecule has 0 heterocycles. The Morgan fingerprint density at radius 2 is 2.08 bits per heavy atom. The van der Waals surface area contributed by atoms with Gasteiger partial charge in [-0.15, -0.1) is 0 Å². The molecule has 2 unspecified atom stereocenters. The van der Waals surface area contributed by atoms with Crippen molar-refractivity contribution >= 4 is 22.6 Å². The molecule has 2 atom stereocenters. The highest BCUT2D eigenvalue weighted by Crippen LogP contribution is 2.06. The molecule has 0 amide bonds. The highest BCUT2D eigenvalue weighted by Gasteiger charge is 2.07. The highest BCUT2D eigenvalue weighted by molar-refractivity contribution is 14.1. The molecule has 0 saturated carbocycles. The zero-order valence-electron chi connectivity index (χ0n) is 7.92. The van der Waals surface area contributed by atoms with Gasteiger partial charge in [-0.25, -0.2) is 0 Å². The molecule has 0 saturated heterocycles. The summed E-state index contributed by atoms with van der Waals surface area (Å²) < 4.78 is 12.8. The minimum absolute atomic E-state index is 0.104. The molecule has 12 heavy (non-hydrogen) atoms. The molecule has 0 aliphatic heterocycles. The third-order valence-corrected chi connectivity index (χ3v) is 1.87. The second-order valence-corrected chi connectivity index (χ2v) is 3.14. The third-order valence-electron chi connectivity index (χ3n) is 1.46. The molecule has 72 valence electrons. The third kappa shape index (κ3) is 5.97. The topological polar surface area (TPSA) is 18.5 Å². The molecule has 0 aromatic rings. The van der Waals surface area contributed by atoms with E-state index in [1.807, 2.05) is 24.0 Å². The van der Waals surface area contributed by atoms with Crippen molar-refractivity contribution in [3.63, 3.8) is 0 Å². The van der Waals surface area contributed by atoms with Gasteiger partial charge in [-0.3, -0.25) is 0 Å². The normalized spacial score (nSPS) is 16.7. The zero-order valence-corrected chi connectivity index (χ0v) is 10.1. The summed E-state index contributed by atoms with van der Waals surface area (Å²) in [7, 11) is 0. The molecule has 0 fully saturated rings. The van der Waals surface area contributed by atoms with Crippen molar-refractivity contribution in [3.8, 4) is 0 Å². The summed E-state index contributed by atoms with van der Waals surface area (Å²) in [5.74, 6) is 0. The van der Waals surface area contributed by atoms with Crippen molar-refractivity contribution in [2.24, 2.45) is 0 Å². The van der Waals surface area contributed by atoms with Gasteiger partial charge in [-0.1, -0.05) is 29.5 Å². The lowest BCUT2D eigenvalue weighted by Gasteiger charge is -2.18. The average Bonchev–Trinajstić information content (AvgIpc) is 2.04. The molecular formula is C9H17IO2. The molecule has 0 radical (unpaired) electrons. The first-order valence-corrected chi connectivity index (χ1v) is 5.53. The Hall–Kier alpha value is 0.390.